The topological polar surface area (TPSA) is 58.6 Å². The molecule has 0 radical (unpaired) electrons. The molecule has 1 N–H and O–H groups in total. The third-order valence-corrected chi connectivity index (χ3v) is 3.74. The number of nitrogens with zero attached hydrogens (tertiary/aromatic N) is 1. The largest absolute Gasteiger partial charge is 0.444 e. The first-order chi connectivity index (χ1) is 11.3. The van der Waals surface area contributed by atoms with Gasteiger partial charge in [-0.2, -0.15) is 0 Å². The summed E-state index contributed by atoms with van der Waals surface area (Å²) >= 11 is 0. The Morgan fingerprint density at radius 1 is 1.33 bits per heavy atom. The molecule has 2 rings (SSSR count). The molecule has 128 valence electrons. The highest BCUT2D eigenvalue weighted by molar-refractivity contribution is 5.96. The van der Waals surface area contributed by atoms with Gasteiger partial charge in [-0.1, -0.05) is 18.1 Å². The van der Waals surface area contributed by atoms with Crippen LogP contribution < -0.4 is 5.32 Å². The fourth-order valence-electron chi connectivity index (χ4n) is 2.72. The van der Waals surface area contributed by atoms with E-state index >= 15 is 0 Å². The maximum atomic E-state index is 12.7. The molecule has 1 aromatic rings. The van der Waals surface area contributed by atoms with Gasteiger partial charge < -0.3 is 15.0 Å². The molecule has 0 bridgehead atoms. The number of nitrogens with one attached hydrogen (secondary N) is 1. The van der Waals surface area contributed by atoms with Crippen LogP contribution in [0, 0.1) is 12.3 Å². The van der Waals surface area contributed by atoms with Crippen molar-refractivity contribution in [3.8, 4) is 12.3 Å². The van der Waals surface area contributed by atoms with Crippen LogP contribution in [0.1, 0.15) is 49.5 Å². The van der Waals surface area contributed by atoms with Crippen molar-refractivity contribution in [3.63, 3.8) is 0 Å². The minimum Gasteiger partial charge on any atom is -0.444 e. The van der Waals surface area contributed by atoms with Crippen molar-refractivity contribution in [1.82, 2.24) is 10.2 Å². The zero-order valence-electron chi connectivity index (χ0n) is 14.5. The summed E-state index contributed by atoms with van der Waals surface area (Å²) in [5, 5.41) is 2.84. The fourth-order valence-corrected chi connectivity index (χ4v) is 2.72. The lowest BCUT2D eigenvalue weighted by atomic mass is 10.0. The Morgan fingerprint density at radius 2 is 2.04 bits per heavy atom. The van der Waals surface area contributed by atoms with E-state index in [4.69, 9.17) is 11.2 Å². The number of benzene rings is 1. The predicted molar refractivity (Wildman–Crippen MR) is 92.7 cm³/mol. The summed E-state index contributed by atoms with van der Waals surface area (Å²) in [4.78, 5) is 26.4. The van der Waals surface area contributed by atoms with Crippen LogP contribution >= 0.6 is 0 Å². The number of amides is 2. The zero-order valence-corrected chi connectivity index (χ0v) is 14.5. The van der Waals surface area contributed by atoms with E-state index in [1.54, 1.807) is 23.1 Å². The maximum Gasteiger partial charge on any atom is 0.407 e. The number of rotatable bonds is 2. The Balaban J connectivity index is 2.01. The second-order valence-electron chi connectivity index (χ2n) is 6.93. The van der Waals surface area contributed by atoms with Crippen molar-refractivity contribution in [2.75, 3.05) is 13.1 Å². The fraction of sp³-hybridized carbons (Fsp3) is 0.474. The second-order valence-corrected chi connectivity index (χ2v) is 6.93. The zero-order chi connectivity index (χ0) is 17.7. The molecule has 1 aliphatic rings. The highest BCUT2D eigenvalue weighted by Crippen LogP contribution is 2.17. The minimum atomic E-state index is -0.542. The summed E-state index contributed by atoms with van der Waals surface area (Å²) in [6, 6.07) is 7.00. The van der Waals surface area contributed by atoms with Crippen LogP contribution in [0.5, 0.6) is 0 Å². The van der Waals surface area contributed by atoms with Crippen molar-refractivity contribution >= 4 is 12.0 Å². The number of hydrogen-bond donors (Lipinski definition) is 1. The number of carbonyl (C=O) groups excluding carboxylic acids is 2. The van der Waals surface area contributed by atoms with Gasteiger partial charge in [0.1, 0.15) is 5.60 Å². The molecule has 1 saturated heterocycles. The van der Waals surface area contributed by atoms with E-state index in [1.165, 1.54) is 0 Å². The maximum absolute atomic E-state index is 12.7. The Kier molecular flexibility index (Phi) is 5.50. The van der Waals surface area contributed by atoms with Gasteiger partial charge in [-0.3, -0.25) is 4.79 Å². The standard InChI is InChI=1S/C19H24N2O3/c1-5-14-9-6-7-11-16(14)17(22)21-12-8-10-15(13-21)20-18(23)24-19(2,3)4/h1,6-7,9,11,15H,8,10,12-13H2,2-4H3,(H,20,23)/t15-/m0/s1. The number of terminal acetylenes is 1. The van der Waals surface area contributed by atoms with Crippen molar-refractivity contribution in [1.29, 1.82) is 0 Å². The summed E-state index contributed by atoms with van der Waals surface area (Å²) in [7, 11) is 0. The van der Waals surface area contributed by atoms with Gasteiger partial charge in [0.25, 0.3) is 5.91 Å². The molecule has 0 spiro atoms. The van der Waals surface area contributed by atoms with Crippen LogP contribution in [-0.4, -0.2) is 41.6 Å². The molecule has 1 fully saturated rings. The molecule has 2 amide bonds. The number of piperidine rings is 1. The van der Waals surface area contributed by atoms with Gasteiger partial charge in [-0.15, -0.1) is 6.42 Å². The quantitative estimate of drug-likeness (QED) is 0.849. The van der Waals surface area contributed by atoms with Crippen LogP contribution in [0.3, 0.4) is 0 Å². The average molecular weight is 328 g/mol. The van der Waals surface area contributed by atoms with Gasteiger partial charge in [0.2, 0.25) is 0 Å². The summed E-state index contributed by atoms with van der Waals surface area (Å²) in [5.74, 6) is 2.45. The number of alkyl carbamates (subject to hydrolysis) is 1. The lowest BCUT2D eigenvalue weighted by Gasteiger charge is -2.33. The molecule has 0 saturated carbocycles. The summed E-state index contributed by atoms with van der Waals surface area (Å²) in [6.45, 7) is 6.57. The molecule has 1 atom stereocenters. The Labute approximate surface area is 143 Å². The van der Waals surface area contributed by atoms with E-state index in [9.17, 15) is 9.59 Å². The van der Waals surface area contributed by atoms with E-state index in [1.807, 2.05) is 26.8 Å². The third kappa shape index (κ3) is 4.76. The minimum absolute atomic E-state index is 0.0979. The van der Waals surface area contributed by atoms with Crippen molar-refractivity contribution in [2.45, 2.75) is 45.3 Å². The summed E-state index contributed by atoms with van der Waals surface area (Å²) < 4.78 is 5.28. The first kappa shape index (κ1) is 17.9. The van der Waals surface area contributed by atoms with Crippen LogP contribution in [0.4, 0.5) is 4.79 Å². The second kappa shape index (κ2) is 7.39. The van der Waals surface area contributed by atoms with Crippen molar-refractivity contribution < 1.29 is 14.3 Å². The summed E-state index contributed by atoms with van der Waals surface area (Å²) in [5.41, 5.74) is 0.572. The van der Waals surface area contributed by atoms with E-state index in [2.05, 4.69) is 11.2 Å². The number of carbonyl (C=O) groups is 2. The molecule has 5 heteroatoms. The molecule has 0 unspecified atom stereocenters. The van der Waals surface area contributed by atoms with Crippen LogP contribution in [0.15, 0.2) is 24.3 Å². The smallest absolute Gasteiger partial charge is 0.407 e. The monoisotopic (exact) mass is 328 g/mol. The van der Waals surface area contributed by atoms with Gasteiger partial charge in [-0.25, -0.2) is 4.79 Å². The lowest BCUT2D eigenvalue weighted by molar-refractivity contribution is 0.0452. The number of likely N-dealkylation sites (tertiary alicyclic amines) is 1. The Hall–Kier alpha value is -2.48. The highest BCUT2D eigenvalue weighted by atomic mass is 16.6. The first-order valence-corrected chi connectivity index (χ1v) is 8.14. The van der Waals surface area contributed by atoms with Gasteiger partial charge in [0.05, 0.1) is 5.56 Å². The molecule has 24 heavy (non-hydrogen) atoms. The first-order valence-electron chi connectivity index (χ1n) is 8.14. The molecular formula is C19H24N2O3. The van der Waals surface area contributed by atoms with Gasteiger partial charge in [-0.05, 0) is 45.7 Å². The summed E-state index contributed by atoms with van der Waals surface area (Å²) in [6.07, 6.45) is 6.67. The van der Waals surface area contributed by atoms with Gasteiger partial charge >= 0.3 is 6.09 Å². The molecule has 0 aromatic heterocycles. The van der Waals surface area contributed by atoms with E-state index in [0.717, 1.165) is 12.8 Å². The van der Waals surface area contributed by atoms with E-state index in [0.29, 0.717) is 24.2 Å². The Morgan fingerprint density at radius 3 is 2.71 bits per heavy atom. The molecule has 1 aromatic carbocycles. The van der Waals surface area contributed by atoms with Crippen LogP contribution in [-0.2, 0) is 4.74 Å². The SMILES string of the molecule is C#Cc1ccccc1C(=O)N1CCC[C@H](NC(=O)OC(C)(C)C)C1. The number of ether oxygens (including phenoxy) is 1. The average Bonchev–Trinajstić information content (AvgIpc) is 2.52. The molecule has 1 heterocycles. The van der Waals surface area contributed by atoms with Crippen LogP contribution in [0.25, 0.3) is 0 Å². The van der Waals surface area contributed by atoms with Crippen molar-refractivity contribution in [2.24, 2.45) is 0 Å². The van der Waals surface area contributed by atoms with Gasteiger partial charge in [0.15, 0.2) is 0 Å². The highest BCUT2D eigenvalue weighted by Gasteiger charge is 2.27. The normalized spacial score (nSPS) is 17.8. The molecule has 1 aliphatic heterocycles. The van der Waals surface area contributed by atoms with Crippen molar-refractivity contribution in [3.05, 3.63) is 35.4 Å². The molecular weight excluding hydrogens is 304 g/mol. The molecule has 0 aliphatic carbocycles. The lowest BCUT2D eigenvalue weighted by Crippen LogP contribution is -2.50. The third-order valence-electron chi connectivity index (χ3n) is 3.74. The van der Waals surface area contributed by atoms with E-state index < -0.39 is 11.7 Å². The van der Waals surface area contributed by atoms with E-state index in [-0.39, 0.29) is 11.9 Å². The van der Waals surface area contributed by atoms with Gasteiger partial charge in [0, 0.05) is 24.7 Å². The number of hydrogen-bond acceptors (Lipinski definition) is 3. The Bertz CT molecular complexity index is 655. The van der Waals surface area contributed by atoms with Crippen LogP contribution in [0.2, 0.25) is 0 Å². The predicted octanol–water partition coefficient (Wildman–Crippen LogP) is 2.80. The molecule has 5 nitrogen and oxygen atoms in total.